The third kappa shape index (κ3) is 3.31. The number of aryl methyl sites for hydroxylation is 2. The zero-order valence-corrected chi connectivity index (χ0v) is 13.1. The van der Waals surface area contributed by atoms with E-state index in [0.29, 0.717) is 18.0 Å². The van der Waals surface area contributed by atoms with Gasteiger partial charge >= 0.3 is 5.69 Å². The van der Waals surface area contributed by atoms with Gasteiger partial charge in [0.2, 0.25) is 5.82 Å². The minimum absolute atomic E-state index is 0.0388. The molecule has 8 heteroatoms. The van der Waals surface area contributed by atoms with Crippen LogP contribution in [-0.2, 0) is 11.8 Å². The van der Waals surface area contributed by atoms with Crippen LogP contribution in [0.4, 0.5) is 11.5 Å². The second kappa shape index (κ2) is 6.33. The third-order valence-electron chi connectivity index (χ3n) is 4.03. The lowest BCUT2D eigenvalue weighted by Gasteiger charge is -2.29. The van der Waals surface area contributed by atoms with Gasteiger partial charge < -0.3 is 10.1 Å². The van der Waals surface area contributed by atoms with Gasteiger partial charge in [-0.05, 0) is 25.8 Å². The number of hydrogen-bond acceptors (Lipinski definition) is 6. The smallest absolute Gasteiger partial charge is 0.314 e. The fraction of sp³-hybridized carbons (Fsp3) is 0.467. The van der Waals surface area contributed by atoms with Crippen LogP contribution in [0.3, 0.4) is 0 Å². The molecule has 1 saturated heterocycles. The molecule has 2 aromatic heterocycles. The molecule has 1 fully saturated rings. The van der Waals surface area contributed by atoms with Crippen molar-refractivity contribution in [3.8, 4) is 0 Å². The van der Waals surface area contributed by atoms with E-state index in [0.717, 1.165) is 18.4 Å². The highest BCUT2D eigenvalue weighted by Crippen LogP contribution is 2.32. The average molecular weight is 317 g/mol. The molecule has 1 aliphatic rings. The summed E-state index contributed by atoms with van der Waals surface area (Å²) < 4.78 is 7.54. The number of nitrogens with zero attached hydrogens (tertiary/aromatic N) is 4. The minimum atomic E-state index is -0.386. The van der Waals surface area contributed by atoms with E-state index >= 15 is 0 Å². The molecule has 122 valence electrons. The molecule has 3 heterocycles. The second-order valence-corrected chi connectivity index (χ2v) is 5.75. The molecule has 8 nitrogen and oxygen atoms in total. The molecule has 1 aliphatic heterocycles. The molecule has 2 atom stereocenters. The van der Waals surface area contributed by atoms with E-state index in [2.05, 4.69) is 15.4 Å². The maximum atomic E-state index is 11.3. The summed E-state index contributed by atoms with van der Waals surface area (Å²) in [6, 6.07) is 1.72. The van der Waals surface area contributed by atoms with Crippen molar-refractivity contribution in [2.45, 2.75) is 31.9 Å². The monoisotopic (exact) mass is 317 g/mol. The van der Waals surface area contributed by atoms with Gasteiger partial charge in [-0.3, -0.25) is 14.8 Å². The van der Waals surface area contributed by atoms with E-state index in [1.54, 1.807) is 30.1 Å². The number of rotatable bonds is 4. The van der Waals surface area contributed by atoms with Gasteiger partial charge in [0, 0.05) is 43.2 Å². The molecular weight excluding hydrogens is 298 g/mol. The number of pyridine rings is 1. The SMILES string of the molecule is Cc1ccnc(NC2CCOC(c3cnn(C)c3)C2)c1[N+](=O)[O-]. The Kier molecular flexibility index (Phi) is 4.24. The second-order valence-electron chi connectivity index (χ2n) is 5.75. The largest absolute Gasteiger partial charge is 0.373 e. The van der Waals surface area contributed by atoms with E-state index in [1.165, 1.54) is 0 Å². The van der Waals surface area contributed by atoms with Gasteiger partial charge in [-0.2, -0.15) is 5.10 Å². The summed E-state index contributed by atoms with van der Waals surface area (Å²) >= 11 is 0. The van der Waals surface area contributed by atoms with Crippen LogP contribution in [0.5, 0.6) is 0 Å². The average Bonchev–Trinajstić information content (AvgIpc) is 2.94. The number of nitro groups is 1. The summed E-state index contributed by atoms with van der Waals surface area (Å²) in [4.78, 5) is 15.0. The first-order valence-corrected chi connectivity index (χ1v) is 7.51. The van der Waals surface area contributed by atoms with Gasteiger partial charge in [0.1, 0.15) is 0 Å². The summed E-state index contributed by atoms with van der Waals surface area (Å²) in [5.41, 5.74) is 1.66. The maximum absolute atomic E-state index is 11.3. The molecule has 2 unspecified atom stereocenters. The molecule has 0 saturated carbocycles. The minimum Gasteiger partial charge on any atom is -0.373 e. The normalized spacial score (nSPS) is 21.1. The highest BCUT2D eigenvalue weighted by Gasteiger charge is 2.27. The number of nitrogens with one attached hydrogen (secondary N) is 1. The van der Waals surface area contributed by atoms with E-state index in [9.17, 15) is 10.1 Å². The zero-order valence-electron chi connectivity index (χ0n) is 13.1. The van der Waals surface area contributed by atoms with Gasteiger partial charge in [0.25, 0.3) is 0 Å². The summed E-state index contributed by atoms with van der Waals surface area (Å²) in [6.07, 6.45) is 6.75. The predicted molar refractivity (Wildman–Crippen MR) is 84.2 cm³/mol. The van der Waals surface area contributed by atoms with Crippen molar-refractivity contribution in [2.75, 3.05) is 11.9 Å². The van der Waals surface area contributed by atoms with Crippen molar-refractivity contribution in [3.05, 3.63) is 45.9 Å². The highest BCUT2D eigenvalue weighted by molar-refractivity contribution is 5.60. The topological polar surface area (TPSA) is 95.1 Å². The molecule has 2 aromatic rings. The fourth-order valence-corrected chi connectivity index (χ4v) is 2.85. The van der Waals surface area contributed by atoms with Crippen LogP contribution in [-0.4, -0.2) is 32.3 Å². The van der Waals surface area contributed by atoms with Crippen molar-refractivity contribution >= 4 is 11.5 Å². The lowest BCUT2D eigenvalue weighted by atomic mass is 9.99. The van der Waals surface area contributed by atoms with Crippen molar-refractivity contribution in [1.82, 2.24) is 14.8 Å². The molecule has 0 aliphatic carbocycles. The van der Waals surface area contributed by atoms with Crippen molar-refractivity contribution in [3.63, 3.8) is 0 Å². The van der Waals surface area contributed by atoms with E-state index in [4.69, 9.17) is 4.74 Å². The Morgan fingerprint density at radius 1 is 1.52 bits per heavy atom. The molecule has 0 spiro atoms. The Bertz CT molecular complexity index is 715. The van der Waals surface area contributed by atoms with Crippen LogP contribution in [0.1, 0.15) is 30.1 Å². The number of aromatic nitrogens is 3. The van der Waals surface area contributed by atoms with E-state index in [1.807, 2.05) is 13.2 Å². The number of ether oxygens (including phenoxy) is 1. The summed E-state index contributed by atoms with van der Waals surface area (Å²) in [5, 5.41) is 18.6. The fourth-order valence-electron chi connectivity index (χ4n) is 2.85. The van der Waals surface area contributed by atoms with Crippen LogP contribution in [0.2, 0.25) is 0 Å². The Balaban J connectivity index is 1.76. The van der Waals surface area contributed by atoms with Gasteiger partial charge in [-0.15, -0.1) is 0 Å². The van der Waals surface area contributed by atoms with Crippen molar-refractivity contribution < 1.29 is 9.66 Å². The molecular formula is C15H19N5O3. The van der Waals surface area contributed by atoms with Gasteiger partial charge in [0.15, 0.2) is 0 Å². The zero-order chi connectivity index (χ0) is 16.4. The van der Waals surface area contributed by atoms with Crippen molar-refractivity contribution in [1.29, 1.82) is 0 Å². The summed E-state index contributed by atoms with van der Waals surface area (Å²) in [5.74, 6) is 0.326. The van der Waals surface area contributed by atoms with Crippen LogP contribution < -0.4 is 5.32 Å². The van der Waals surface area contributed by atoms with Crippen LogP contribution in [0.25, 0.3) is 0 Å². The highest BCUT2D eigenvalue weighted by atomic mass is 16.6. The van der Waals surface area contributed by atoms with Crippen LogP contribution >= 0.6 is 0 Å². The molecule has 23 heavy (non-hydrogen) atoms. The summed E-state index contributed by atoms with van der Waals surface area (Å²) in [7, 11) is 1.86. The first-order chi connectivity index (χ1) is 11.0. The quantitative estimate of drug-likeness (QED) is 0.687. The summed E-state index contributed by atoms with van der Waals surface area (Å²) in [6.45, 7) is 2.31. The lowest BCUT2D eigenvalue weighted by Crippen LogP contribution is -2.30. The van der Waals surface area contributed by atoms with E-state index in [-0.39, 0.29) is 22.8 Å². The van der Waals surface area contributed by atoms with E-state index < -0.39 is 0 Å². The molecule has 1 N–H and O–H groups in total. The Morgan fingerprint density at radius 2 is 2.35 bits per heavy atom. The van der Waals surface area contributed by atoms with Gasteiger partial charge in [0.05, 0.1) is 17.2 Å². The molecule has 3 rings (SSSR count). The first-order valence-electron chi connectivity index (χ1n) is 7.51. The van der Waals surface area contributed by atoms with Crippen LogP contribution in [0, 0.1) is 17.0 Å². The number of anilines is 1. The van der Waals surface area contributed by atoms with Crippen molar-refractivity contribution in [2.24, 2.45) is 7.05 Å². The van der Waals surface area contributed by atoms with Gasteiger partial charge in [-0.25, -0.2) is 4.98 Å². The third-order valence-corrected chi connectivity index (χ3v) is 4.03. The lowest BCUT2D eigenvalue weighted by molar-refractivity contribution is -0.384. The Labute approximate surface area is 133 Å². The molecule has 0 radical (unpaired) electrons. The number of hydrogen-bond donors (Lipinski definition) is 1. The first kappa shape index (κ1) is 15.4. The standard InChI is InChI=1S/C15H19N5O3/c1-10-3-5-16-15(14(10)20(21)22)18-12-4-6-23-13(7-12)11-8-17-19(2)9-11/h3,5,8-9,12-13H,4,6-7H2,1-2H3,(H,16,18). The Morgan fingerprint density at radius 3 is 3.04 bits per heavy atom. The maximum Gasteiger partial charge on any atom is 0.314 e. The molecule has 0 aromatic carbocycles. The molecule has 0 bridgehead atoms. The Hall–Kier alpha value is -2.48. The van der Waals surface area contributed by atoms with Crippen LogP contribution in [0.15, 0.2) is 24.7 Å². The van der Waals surface area contributed by atoms with Gasteiger partial charge in [-0.1, -0.05) is 0 Å². The molecule has 0 amide bonds. The predicted octanol–water partition coefficient (Wildman–Crippen LogP) is 2.36.